The van der Waals surface area contributed by atoms with E-state index in [1.165, 1.54) is 7.11 Å². The Morgan fingerprint density at radius 1 is 1.35 bits per heavy atom. The molecule has 0 unspecified atom stereocenters. The molecule has 2 rings (SSSR count). The number of hydrogen-bond acceptors (Lipinski definition) is 8. The quantitative estimate of drug-likeness (QED) is 0.337. The van der Waals surface area contributed by atoms with Gasteiger partial charge in [-0.15, -0.1) is 5.10 Å². The summed E-state index contributed by atoms with van der Waals surface area (Å²) in [6.07, 6.45) is 2.66. The van der Waals surface area contributed by atoms with Crippen molar-refractivity contribution in [2.24, 2.45) is 10.2 Å². The third kappa shape index (κ3) is 5.43. The van der Waals surface area contributed by atoms with Gasteiger partial charge in [0.1, 0.15) is 5.75 Å². The molecule has 26 heavy (non-hydrogen) atoms. The summed E-state index contributed by atoms with van der Waals surface area (Å²) in [4.78, 5) is 23.1. The second kappa shape index (κ2) is 9.73. The average molecular weight is 377 g/mol. The highest BCUT2D eigenvalue weighted by molar-refractivity contribution is 8.18. The highest BCUT2D eigenvalue weighted by Crippen LogP contribution is 2.23. The van der Waals surface area contributed by atoms with Crippen LogP contribution in [0.5, 0.6) is 5.75 Å². The number of nitrogens with one attached hydrogen (secondary N) is 1. The predicted molar refractivity (Wildman–Crippen MR) is 99.2 cm³/mol. The van der Waals surface area contributed by atoms with Crippen LogP contribution in [0.4, 0.5) is 0 Å². The molecule has 1 fully saturated rings. The van der Waals surface area contributed by atoms with E-state index in [-0.39, 0.29) is 10.1 Å². The summed E-state index contributed by atoms with van der Waals surface area (Å²) in [5.74, 6) is -0.289. The minimum Gasteiger partial charge on any atom is -0.496 e. The molecule has 1 amide bonds. The van der Waals surface area contributed by atoms with Gasteiger partial charge in [0.05, 0.1) is 31.9 Å². The van der Waals surface area contributed by atoms with Crippen LogP contribution in [0.3, 0.4) is 0 Å². The Bertz CT molecular complexity index is 774. The van der Waals surface area contributed by atoms with Crippen molar-refractivity contribution in [2.75, 3.05) is 20.8 Å². The number of amides is 1. The molecule has 0 spiro atoms. The molecule has 1 heterocycles. The maximum Gasteiger partial charge on any atom is 0.331 e. The Kier molecular flexibility index (Phi) is 7.37. The van der Waals surface area contributed by atoms with E-state index in [0.29, 0.717) is 13.2 Å². The minimum absolute atomic E-state index is 0.203. The number of nitrogens with zero attached hydrogens (tertiary/aromatic N) is 2. The zero-order valence-electron chi connectivity index (χ0n) is 14.6. The van der Waals surface area contributed by atoms with Gasteiger partial charge in [-0.2, -0.15) is 5.10 Å². The summed E-state index contributed by atoms with van der Waals surface area (Å²) >= 11 is 1.01. The van der Waals surface area contributed by atoms with Crippen molar-refractivity contribution in [1.29, 1.82) is 0 Å². The average Bonchev–Trinajstić information content (AvgIpc) is 2.99. The van der Waals surface area contributed by atoms with Crippen LogP contribution in [-0.4, -0.2) is 44.1 Å². The number of thioether (sulfide) groups is 1. The molecule has 1 aromatic rings. The van der Waals surface area contributed by atoms with Crippen LogP contribution in [0.15, 0.2) is 39.4 Å². The Hall–Kier alpha value is -2.65. The molecule has 0 aliphatic carbocycles. The number of methoxy groups -OCH3 is 2. The number of hydrogen-bond donors (Lipinski definition) is 1. The topological polar surface area (TPSA) is 98.6 Å². The highest BCUT2D eigenvalue weighted by Gasteiger charge is 2.24. The first-order valence-electron chi connectivity index (χ1n) is 7.72. The second-order valence-electron chi connectivity index (χ2n) is 4.95. The third-order valence-electron chi connectivity index (χ3n) is 3.22. The van der Waals surface area contributed by atoms with Crippen molar-refractivity contribution in [3.05, 3.63) is 40.3 Å². The van der Waals surface area contributed by atoms with Crippen LogP contribution in [-0.2, 0) is 25.7 Å². The summed E-state index contributed by atoms with van der Waals surface area (Å²) in [5.41, 5.74) is 1.71. The van der Waals surface area contributed by atoms with Crippen molar-refractivity contribution in [2.45, 2.75) is 13.5 Å². The number of ether oxygens (including phenoxy) is 3. The van der Waals surface area contributed by atoms with Gasteiger partial charge in [-0.3, -0.25) is 10.1 Å². The lowest BCUT2D eigenvalue weighted by molar-refractivity contribution is -0.135. The normalized spacial score (nSPS) is 17.1. The van der Waals surface area contributed by atoms with Gasteiger partial charge in [-0.25, -0.2) is 4.79 Å². The highest BCUT2D eigenvalue weighted by atomic mass is 32.2. The molecule has 1 aliphatic rings. The van der Waals surface area contributed by atoms with Gasteiger partial charge in [-0.1, -0.05) is 0 Å². The van der Waals surface area contributed by atoms with E-state index in [4.69, 9.17) is 9.47 Å². The summed E-state index contributed by atoms with van der Waals surface area (Å²) in [5, 5.41) is 10.7. The Morgan fingerprint density at radius 2 is 2.15 bits per heavy atom. The Morgan fingerprint density at radius 3 is 2.85 bits per heavy atom. The molecule has 0 saturated carbocycles. The van der Waals surface area contributed by atoms with Crippen molar-refractivity contribution >= 4 is 35.0 Å². The summed E-state index contributed by atoms with van der Waals surface area (Å²) < 4.78 is 15.2. The monoisotopic (exact) mass is 377 g/mol. The summed E-state index contributed by atoms with van der Waals surface area (Å²) in [6, 6.07) is 5.55. The molecule has 0 aromatic heterocycles. The van der Waals surface area contributed by atoms with E-state index in [2.05, 4.69) is 20.3 Å². The number of carbonyl (C=O) groups is 2. The molecule has 1 aromatic carbocycles. The van der Waals surface area contributed by atoms with Crippen LogP contribution in [0.2, 0.25) is 0 Å². The van der Waals surface area contributed by atoms with E-state index in [1.807, 2.05) is 25.1 Å². The third-order valence-corrected chi connectivity index (χ3v) is 4.12. The zero-order valence-corrected chi connectivity index (χ0v) is 15.5. The number of amidine groups is 1. The molecular formula is C17H19N3O5S. The first-order chi connectivity index (χ1) is 12.6. The van der Waals surface area contributed by atoms with Crippen molar-refractivity contribution in [1.82, 2.24) is 5.32 Å². The molecule has 1 aliphatic heterocycles. The predicted octanol–water partition coefficient (Wildman–Crippen LogP) is 1.84. The van der Waals surface area contributed by atoms with Gasteiger partial charge >= 0.3 is 5.97 Å². The maximum absolute atomic E-state index is 11.7. The van der Waals surface area contributed by atoms with Gasteiger partial charge in [0.25, 0.3) is 5.91 Å². The van der Waals surface area contributed by atoms with Crippen LogP contribution in [0.1, 0.15) is 18.1 Å². The molecule has 8 nitrogen and oxygen atoms in total. The van der Waals surface area contributed by atoms with Crippen molar-refractivity contribution in [3.8, 4) is 5.75 Å². The van der Waals surface area contributed by atoms with Crippen LogP contribution in [0.25, 0.3) is 0 Å². The lowest BCUT2D eigenvalue weighted by Crippen LogP contribution is -2.19. The van der Waals surface area contributed by atoms with Crippen LogP contribution >= 0.6 is 11.8 Å². The van der Waals surface area contributed by atoms with Crippen LogP contribution < -0.4 is 10.1 Å². The number of rotatable bonds is 7. The second-order valence-corrected chi connectivity index (χ2v) is 5.98. The van der Waals surface area contributed by atoms with Crippen molar-refractivity contribution < 1.29 is 23.8 Å². The first kappa shape index (κ1) is 19.7. The Labute approximate surface area is 155 Å². The fourth-order valence-corrected chi connectivity index (χ4v) is 2.73. The Balaban J connectivity index is 2.08. The summed E-state index contributed by atoms with van der Waals surface area (Å²) in [7, 11) is 2.84. The number of benzene rings is 1. The lowest BCUT2D eigenvalue weighted by atomic mass is 10.1. The number of esters is 1. The van der Waals surface area contributed by atoms with Gasteiger partial charge in [-0.05, 0) is 42.4 Å². The van der Waals surface area contributed by atoms with Gasteiger partial charge in [0.2, 0.25) is 0 Å². The SMILES string of the molecule is CCOCc1cc(C=N/N=C2/NC(=O)/C(=C\C(=O)OC)S2)ccc1OC. The lowest BCUT2D eigenvalue weighted by Gasteiger charge is -2.09. The maximum atomic E-state index is 11.7. The van der Waals surface area contributed by atoms with Gasteiger partial charge < -0.3 is 14.2 Å². The van der Waals surface area contributed by atoms with E-state index in [1.54, 1.807) is 13.3 Å². The van der Waals surface area contributed by atoms with E-state index >= 15 is 0 Å². The summed E-state index contributed by atoms with van der Waals surface area (Å²) in [6.45, 7) is 2.96. The van der Waals surface area contributed by atoms with Gasteiger partial charge in [0, 0.05) is 18.2 Å². The standard InChI is InChI=1S/C17H19N3O5S/c1-4-25-10-12-7-11(5-6-13(12)23-2)9-18-20-17-19-16(22)14(26-17)8-15(21)24-3/h5-9H,4,10H2,1-3H3,(H,19,20,22)/b14-8+,18-9?. The fraction of sp³-hybridized carbons (Fsp3) is 0.294. The van der Waals surface area contributed by atoms with E-state index < -0.39 is 11.9 Å². The van der Waals surface area contributed by atoms with Gasteiger partial charge in [0.15, 0.2) is 5.17 Å². The first-order valence-corrected chi connectivity index (χ1v) is 8.53. The zero-order chi connectivity index (χ0) is 18.9. The molecule has 1 saturated heterocycles. The van der Waals surface area contributed by atoms with E-state index in [9.17, 15) is 9.59 Å². The molecular weight excluding hydrogens is 358 g/mol. The molecule has 138 valence electrons. The molecule has 0 bridgehead atoms. The molecule has 9 heteroatoms. The molecule has 0 radical (unpaired) electrons. The number of carbonyl (C=O) groups excluding carboxylic acids is 2. The fourth-order valence-electron chi connectivity index (χ4n) is 1.99. The van der Waals surface area contributed by atoms with Crippen LogP contribution in [0, 0.1) is 0 Å². The minimum atomic E-state index is -0.604. The van der Waals surface area contributed by atoms with E-state index in [0.717, 1.165) is 34.7 Å². The molecule has 0 atom stereocenters. The molecule has 1 N–H and O–H groups in total. The van der Waals surface area contributed by atoms with Crippen molar-refractivity contribution in [3.63, 3.8) is 0 Å². The smallest absolute Gasteiger partial charge is 0.331 e. The largest absolute Gasteiger partial charge is 0.496 e.